The molecule has 4 rings (SSSR count). The molecule has 32 heavy (non-hydrogen) atoms. The summed E-state index contributed by atoms with van der Waals surface area (Å²) in [5.74, 6) is 1.79. The van der Waals surface area contributed by atoms with Crippen LogP contribution in [0.2, 0.25) is 0 Å². The Bertz CT molecular complexity index is 892. The average Bonchev–Trinajstić information content (AvgIpc) is 3.48. The van der Waals surface area contributed by atoms with Crippen molar-refractivity contribution in [2.45, 2.75) is 57.9 Å². The van der Waals surface area contributed by atoms with E-state index in [1.165, 1.54) is 5.56 Å². The maximum atomic E-state index is 12.7. The summed E-state index contributed by atoms with van der Waals surface area (Å²) in [4.78, 5) is 33.1. The molecule has 1 aromatic heterocycles. The number of carbonyl (C=O) groups excluding carboxylic acids is 2. The predicted octanol–water partition coefficient (Wildman–Crippen LogP) is 3.35. The summed E-state index contributed by atoms with van der Waals surface area (Å²) in [7, 11) is 0. The number of nitrogens with one attached hydrogen (secondary N) is 1. The van der Waals surface area contributed by atoms with Crippen LogP contribution in [0.1, 0.15) is 62.3 Å². The number of likely N-dealkylation sites (tertiary alicyclic amines) is 2. The highest BCUT2D eigenvalue weighted by Crippen LogP contribution is 2.30. The predicted molar refractivity (Wildman–Crippen MR) is 120 cm³/mol. The minimum absolute atomic E-state index is 0.0906. The molecule has 3 amide bonds. The van der Waals surface area contributed by atoms with Crippen LogP contribution in [0.15, 0.2) is 34.9 Å². The van der Waals surface area contributed by atoms with E-state index in [2.05, 4.69) is 39.7 Å². The molecule has 0 radical (unpaired) electrons. The number of urea groups is 1. The van der Waals surface area contributed by atoms with Crippen LogP contribution in [0.5, 0.6) is 0 Å². The van der Waals surface area contributed by atoms with E-state index in [4.69, 9.17) is 4.52 Å². The van der Waals surface area contributed by atoms with Crippen molar-refractivity contribution in [2.75, 3.05) is 26.2 Å². The topological polar surface area (TPSA) is 91.6 Å². The van der Waals surface area contributed by atoms with E-state index in [0.29, 0.717) is 43.6 Å². The van der Waals surface area contributed by atoms with Gasteiger partial charge in [-0.2, -0.15) is 4.98 Å². The molecule has 2 fully saturated rings. The Morgan fingerprint density at radius 2 is 1.91 bits per heavy atom. The highest BCUT2D eigenvalue weighted by Gasteiger charge is 2.33. The van der Waals surface area contributed by atoms with Crippen molar-refractivity contribution in [3.05, 3.63) is 47.6 Å². The molecule has 2 aliphatic heterocycles. The molecule has 0 aliphatic carbocycles. The second-order valence-electron chi connectivity index (χ2n) is 8.75. The van der Waals surface area contributed by atoms with Crippen LogP contribution in [0.4, 0.5) is 4.79 Å². The zero-order valence-corrected chi connectivity index (χ0v) is 18.8. The molecule has 1 N–H and O–H groups in total. The normalized spacial score (nSPS) is 19.3. The quantitative estimate of drug-likeness (QED) is 0.714. The number of benzene rings is 1. The molecule has 172 valence electrons. The molecule has 1 aromatic carbocycles. The van der Waals surface area contributed by atoms with Crippen molar-refractivity contribution >= 4 is 11.9 Å². The highest BCUT2D eigenvalue weighted by molar-refractivity contribution is 5.76. The van der Waals surface area contributed by atoms with Gasteiger partial charge in [-0.15, -0.1) is 0 Å². The van der Waals surface area contributed by atoms with Gasteiger partial charge in [0.25, 0.3) is 0 Å². The van der Waals surface area contributed by atoms with E-state index in [-0.39, 0.29) is 18.0 Å². The van der Waals surface area contributed by atoms with Gasteiger partial charge in [0.1, 0.15) is 0 Å². The van der Waals surface area contributed by atoms with Crippen LogP contribution in [-0.4, -0.2) is 58.1 Å². The van der Waals surface area contributed by atoms with E-state index in [0.717, 1.165) is 45.2 Å². The third-order valence-electron chi connectivity index (χ3n) is 6.51. The summed E-state index contributed by atoms with van der Waals surface area (Å²) in [6, 6.07) is 10.3. The van der Waals surface area contributed by atoms with Crippen LogP contribution >= 0.6 is 0 Å². The summed E-state index contributed by atoms with van der Waals surface area (Å²) in [6.07, 6.45) is 5.73. The summed E-state index contributed by atoms with van der Waals surface area (Å²) < 4.78 is 5.40. The minimum atomic E-state index is -0.154. The van der Waals surface area contributed by atoms with Gasteiger partial charge >= 0.3 is 6.03 Å². The lowest BCUT2D eigenvalue weighted by Gasteiger charge is -2.32. The summed E-state index contributed by atoms with van der Waals surface area (Å²) in [5.41, 5.74) is 1.37. The van der Waals surface area contributed by atoms with Gasteiger partial charge in [-0.1, -0.05) is 35.5 Å². The minimum Gasteiger partial charge on any atom is -0.343 e. The Hall–Kier alpha value is -2.90. The van der Waals surface area contributed by atoms with Gasteiger partial charge in [0.05, 0.1) is 6.04 Å². The lowest BCUT2D eigenvalue weighted by atomic mass is 9.90. The Kier molecular flexibility index (Phi) is 7.39. The Labute approximate surface area is 189 Å². The number of hydrogen-bond donors (Lipinski definition) is 1. The van der Waals surface area contributed by atoms with Crippen LogP contribution < -0.4 is 5.32 Å². The maximum absolute atomic E-state index is 12.7. The molecular weight excluding hydrogens is 406 g/mol. The summed E-state index contributed by atoms with van der Waals surface area (Å²) >= 11 is 0. The first-order valence-corrected chi connectivity index (χ1v) is 11.8. The molecule has 0 spiro atoms. The standard InChI is InChI=1S/C24H33N5O3/c1-2-25-24(31)29-14-6-9-20(29)23-26-21(32-27-23)10-11-22(30)28-15-12-19(13-16-28)17-18-7-4-3-5-8-18/h3-5,7-8,19-20H,2,6,9-17H2,1H3,(H,25,31). The lowest BCUT2D eigenvalue weighted by molar-refractivity contribution is -0.132. The number of amides is 3. The first-order valence-electron chi connectivity index (χ1n) is 11.8. The number of aryl methyl sites for hydroxylation is 1. The lowest BCUT2D eigenvalue weighted by Crippen LogP contribution is -2.39. The maximum Gasteiger partial charge on any atom is 0.318 e. The number of nitrogens with zero attached hydrogens (tertiary/aromatic N) is 4. The van der Waals surface area contributed by atoms with Gasteiger partial charge in [0.15, 0.2) is 5.82 Å². The highest BCUT2D eigenvalue weighted by atomic mass is 16.5. The number of carbonyl (C=O) groups is 2. The van der Waals surface area contributed by atoms with Gasteiger partial charge < -0.3 is 19.6 Å². The van der Waals surface area contributed by atoms with Crippen molar-refractivity contribution in [3.63, 3.8) is 0 Å². The molecule has 0 saturated carbocycles. The summed E-state index contributed by atoms with van der Waals surface area (Å²) in [5, 5.41) is 6.94. The average molecular weight is 440 g/mol. The molecule has 2 saturated heterocycles. The first-order chi connectivity index (χ1) is 15.6. The fraction of sp³-hybridized carbons (Fsp3) is 0.583. The smallest absolute Gasteiger partial charge is 0.318 e. The zero-order chi connectivity index (χ0) is 22.3. The second-order valence-corrected chi connectivity index (χ2v) is 8.75. The molecule has 2 aromatic rings. The number of aromatic nitrogens is 2. The van der Waals surface area contributed by atoms with Gasteiger partial charge in [-0.3, -0.25) is 4.79 Å². The number of rotatable bonds is 7. The van der Waals surface area contributed by atoms with Crippen molar-refractivity contribution in [1.29, 1.82) is 0 Å². The number of piperidine rings is 1. The molecule has 8 heteroatoms. The third-order valence-corrected chi connectivity index (χ3v) is 6.51. The van der Waals surface area contributed by atoms with Gasteiger partial charge in [0.2, 0.25) is 11.8 Å². The van der Waals surface area contributed by atoms with Crippen LogP contribution in [0, 0.1) is 5.92 Å². The van der Waals surface area contributed by atoms with Gasteiger partial charge in [-0.05, 0) is 50.5 Å². The molecular formula is C24H33N5O3. The van der Waals surface area contributed by atoms with E-state index < -0.39 is 0 Å². The SMILES string of the molecule is CCNC(=O)N1CCCC1c1noc(CCC(=O)N2CCC(Cc3ccccc3)CC2)n1. The van der Waals surface area contributed by atoms with Crippen molar-refractivity contribution in [1.82, 2.24) is 25.3 Å². The molecule has 8 nitrogen and oxygen atoms in total. The van der Waals surface area contributed by atoms with Gasteiger partial charge in [-0.25, -0.2) is 4.79 Å². The second kappa shape index (κ2) is 10.6. The fourth-order valence-electron chi connectivity index (χ4n) is 4.74. The molecule has 0 bridgehead atoms. The van der Waals surface area contributed by atoms with Gasteiger partial charge in [0, 0.05) is 39.0 Å². The van der Waals surface area contributed by atoms with Crippen LogP contribution in [-0.2, 0) is 17.6 Å². The zero-order valence-electron chi connectivity index (χ0n) is 18.8. The Morgan fingerprint density at radius 1 is 1.12 bits per heavy atom. The molecule has 1 atom stereocenters. The molecule has 1 unspecified atom stereocenters. The van der Waals surface area contributed by atoms with E-state index >= 15 is 0 Å². The fourth-order valence-corrected chi connectivity index (χ4v) is 4.74. The Morgan fingerprint density at radius 3 is 2.66 bits per heavy atom. The number of hydrogen-bond acceptors (Lipinski definition) is 5. The van der Waals surface area contributed by atoms with Crippen LogP contribution in [0.25, 0.3) is 0 Å². The summed E-state index contributed by atoms with van der Waals surface area (Å²) in [6.45, 7) is 4.81. The van der Waals surface area contributed by atoms with Crippen molar-refractivity contribution in [3.8, 4) is 0 Å². The van der Waals surface area contributed by atoms with Crippen molar-refractivity contribution < 1.29 is 14.1 Å². The van der Waals surface area contributed by atoms with E-state index in [9.17, 15) is 9.59 Å². The van der Waals surface area contributed by atoms with Crippen LogP contribution in [0.3, 0.4) is 0 Å². The third kappa shape index (κ3) is 5.47. The van der Waals surface area contributed by atoms with Crippen molar-refractivity contribution in [2.24, 2.45) is 5.92 Å². The first kappa shape index (κ1) is 22.3. The molecule has 3 heterocycles. The Balaban J connectivity index is 1.23. The largest absolute Gasteiger partial charge is 0.343 e. The molecule has 2 aliphatic rings. The van der Waals surface area contributed by atoms with E-state index in [1.807, 2.05) is 17.9 Å². The monoisotopic (exact) mass is 439 g/mol. The van der Waals surface area contributed by atoms with E-state index in [1.54, 1.807) is 4.90 Å².